The molecule has 2 N–H and O–H groups in total. The average molecular weight is 474 g/mol. The van der Waals surface area contributed by atoms with Gasteiger partial charge >= 0.3 is 0 Å². The Labute approximate surface area is 191 Å². The summed E-state index contributed by atoms with van der Waals surface area (Å²) in [7, 11) is -8.10. The molecular formula is C26H19NO4S2. The van der Waals surface area contributed by atoms with Gasteiger partial charge in [0, 0.05) is 0 Å². The quantitative estimate of drug-likeness (QED) is 0.360. The Balaban J connectivity index is 1.64. The maximum absolute atomic E-state index is 13.4. The molecule has 5 aromatic rings. The number of hydrogen-bond donors (Lipinski definition) is 1. The summed E-state index contributed by atoms with van der Waals surface area (Å²) in [6.45, 7) is 0. The van der Waals surface area contributed by atoms with Crippen LogP contribution in [-0.2, 0) is 19.7 Å². The molecule has 0 aliphatic heterocycles. The van der Waals surface area contributed by atoms with E-state index in [0.29, 0.717) is 0 Å². The summed E-state index contributed by atoms with van der Waals surface area (Å²) in [6, 6.07) is 28.4. The van der Waals surface area contributed by atoms with E-state index in [4.69, 9.17) is 5.73 Å². The molecule has 5 rings (SSSR count). The van der Waals surface area contributed by atoms with E-state index >= 15 is 0 Å². The van der Waals surface area contributed by atoms with E-state index in [2.05, 4.69) is 0 Å². The summed E-state index contributed by atoms with van der Waals surface area (Å²) < 4.78 is 53.7. The summed E-state index contributed by atoms with van der Waals surface area (Å²) >= 11 is 0. The third kappa shape index (κ3) is 3.55. The first kappa shape index (κ1) is 21.2. The third-order valence-corrected chi connectivity index (χ3v) is 9.29. The Morgan fingerprint density at radius 3 is 1.27 bits per heavy atom. The first-order valence-electron chi connectivity index (χ1n) is 10.1. The van der Waals surface area contributed by atoms with Crippen LogP contribution in [0.2, 0.25) is 0 Å². The van der Waals surface area contributed by atoms with Gasteiger partial charge in [-0.3, -0.25) is 0 Å². The number of rotatable bonds is 4. The molecule has 5 aromatic carbocycles. The van der Waals surface area contributed by atoms with Gasteiger partial charge in [0.15, 0.2) is 0 Å². The highest BCUT2D eigenvalue weighted by molar-refractivity contribution is 7.92. The molecule has 0 saturated carbocycles. The standard InChI is InChI=1S/C26H19NO4S2/c27-26-24(32(28,29)22-14-12-18-6-1-3-8-20(18)16-22)10-5-11-25(26)33(30,31)23-15-13-19-7-2-4-9-21(19)17-23/h1-17H,27H2. The molecule has 0 radical (unpaired) electrons. The van der Waals surface area contributed by atoms with Crippen LogP contribution in [-0.4, -0.2) is 16.8 Å². The zero-order valence-electron chi connectivity index (χ0n) is 17.3. The van der Waals surface area contributed by atoms with E-state index < -0.39 is 19.7 Å². The van der Waals surface area contributed by atoms with Crippen molar-refractivity contribution < 1.29 is 16.8 Å². The Hall–Kier alpha value is -3.68. The Morgan fingerprint density at radius 2 is 0.848 bits per heavy atom. The normalized spacial score (nSPS) is 12.2. The van der Waals surface area contributed by atoms with Gasteiger partial charge in [0.25, 0.3) is 0 Å². The van der Waals surface area contributed by atoms with Gasteiger partial charge < -0.3 is 5.73 Å². The zero-order valence-corrected chi connectivity index (χ0v) is 19.0. The van der Waals surface area contributed by atoms with Gasteiger partial charge in [-0.25, -0.2) is 16.8 Å². The van der Waals surface area contributed by atoms with Crippen LogP contribution < -0.4 is 5.73 Å². The molecule has 5 nitrogen and oxygen atoms in total. The van der Waals surface area contributed by atoms with Crippen molar-refractivity contribution in [3.8, 4) is 0 Å². The van der Waals surface area contributed by atoms with E-state index in [9.17, 15) is 16.8 Å². The number of sulfone groups is 2. The lowest BCUT2D eigenvalue weighted by Gasteiger charge is -2.13. The van der Waals surface area contributed by atoms with E-state index in [1.165, 1.54) is 30.3 Å². The lowest BCUT2D eigenvalue weighted by atomic mass is 10.1. The number of benzene rings is 5. The molecule has 0 bridgehead atoms. The molecular weight excluding hydrogens is 454 g/mol. The van der Waals surface area contributed by atoms with Crippen molar-refractivity contribution in [3.63, 3.8) is 0 Å². The SMILES string of the molecule is Nc1c(S(=O)(=O)c2ccc3ccccc3c2)cccc1S(=O)(=O)c1ccc2ccccc2c1. The van der Waals surface area contributed by atoms with E-state index in [-0.39, 0.29) is 25.3 Å². The lowest BCUT2D eigenvalue weighted by Crippen LogP contribution is -2.11. The van der Waals surface area contributed by atoms with Crippen LogP contribution in [0.5, 0.6) is 0 Å². The molecule has 0 heterocycles. The Kier molecular flexibility index (Phi) is 4.96. The van der Waals surface area contributed by atoms with Crippen LogP contribution >= 0.6 is 0 Å². The Morgan fingerprint density at radius 1 is 0.455 bits per heavy atom. The van der Waals surface area contributed by atoms with Crippen LogP contribution in [0.3, 0.4) is 0 Å². The summed E-state index contributed by atoms with van der Waals surface area (Å²) in [5, 5.41) is 3.32. The van der Waals surface area contributed by atoms with Crippen LogP contribution in [0, 0.1) is 0 Å². The van der Waals surface area contributed by atoms with Crippen LogP contribution in [0.1, 0.15) is 0 Å². The molecule has 0 aromatic heterocycles. The highest BCUT2D eigenvalue weighted by Crippen LogP contribution is 2.35. The minimum atomic E-state index is -4.05. The fourth-order valence-electron chi connectivity index (χ4n) is 3.92. The van der Waals surface area contributed by atoms with Crippen LogP contribution in [0.4, 0.5) is 5.69 Å². The van der Waals surface area contributed by atoms with Gasteiger partial charge in [0.2, 0.25) is 19.7 Å². The van der Waals surface area contributed by atoms with Crippen molar-refractivity contribution in [3.05, 3.63) is 103 Å². The molecule has 0 unspecified atom stereocenters. The van der Waals surface area contributed by atoms with Gasteiger partial charge in [-0.05, 0) is 57.9 Å². The fourth-order valence-corrected chi connectivity index (χ4v) is 6.86. The minimum Gasteiger partial charge on any atom is -0.397 e. The summed E-state index contributed by atoms with van der Waals surface area (Å²) in [6.07, 6.45) is 0. The largest absolute Gasteiger partial charge is 0.397 e. The smallest absolute Gasteiger partial charge is 0.208 e. The van der Waals surface area contributed by atoms with Crippen molar-refractivity contribution >= 4 is 46.9 Å². The third-order valence-electron chi connectivity index (χ3n) is 5.67. The number of nitrogen functional groups attached to an aromatic ring is 1. The summed E-state index contributed by atoms with van der Waals surface area (Å²) in [5.74, 6) is 0. The van der Waals surface area contributed by atoms with Crippen molar-refractivity contribution in [2.45, 2.75) is 19.6 Å². The summed E-state index contributed by atoms with van der Waals surface area (Å²) in [4.78, 5) is -0.374. The predicted molar refractivity (Wildman–Crippen MR) is 130 cm³/mol. The molecule has 0 aliphatic rings. The fraction of sp³-hybridized carbons (Fsp3) is 0. The molecule has 0 fully saturated rings. The number of fused-ring (bicyclic) bond motifs is 2. The second kappa shape index (κ2) is 7.72. The summed E-state index contributed by atoms with van der Waals surface area (Å²) in [5.41, 5.74) is 5.90. The van der Waals surface area contributed by atoms with Crippen molar-refractivity contribution in [1.82, 2.24) is 0 Å². The predicted octanol–water partition coefficient (Wildman–Crippen LogP) is 5.24. The number of anilines is 1. The first-order chi connectivity index (χ1) is 15.8. The average Bonchev–Trinajstić information content (AvgIpc) is 2.83. The number of para-hydroxylation sites is 1. The first-order valence-corrected chi connectivity index (χ1v) is 13.1. The van der Waals surface area contributed by atoms with E-state index in [0.717, 1.165) is 21.5 Å². The topological polar surface area (TPSA) is 94.3 Å². The lowest BCUT2D eigenvalue weighted by molar-refractivity contribution is 0.595. The molecule has 0 amide bonds. The van der Waals surface area contributed by atoms with Gasteiger partial charge in [0.1, 0.15) is 0 Å². The van der Waals surface area contributed by atoms with Gasteiger partial charge in [-0.2, -0.15) is 0 Å². The second-order valence-electron chi connectivity index (χ2n) is 7.69. The van der Waals surface area contributed by atoms with Gasteiger partial charge in [0.05, 0.1) is 25.3 Å². The van der Waals surface area contributed by atoms with Crippen molar-refractivity contribution in [2.24, 2.45) is 0 Å². The maximum atomic E-state index is 13.4. The molecule has 33 heavy (non-hydrogen) atoms. The van der Waals surface area contributed by atoms with Gasteiger partial charge in [-0.1, -0.05) is 66.7 Å². The van der Waals surface area contributed by atoms with Crippen LogP contribution in [0.15, 0.2) is 123 Å². The minimum absolute atomic E-state index is 0.0492. The van der Waals surface area contributed by atoms with E-state index in [1.807, 2.05) is 48.5 Å². The number of hydrogen-bond acceptors (Lipinski definition) is 5. The molecule has 7 heteroatoms. The Bertz CT molecular complexity index is 1630. The van der Waals surface area contributed by atoms with E-state index in [1.54, 1.807) is 24.3 Å². The molecule has 0 atom stereocenters. The van der Waals surface area contributed by atoms with Crippen molar-refractivity contribution in [2.75, 3.05) is 5.73 Å². The number of nitrogens with two attached hydrogens (primary N) is 1. The van der Waals surface area contributed by atoms with Gasteiger partial charge in [-0.15, -0.1) is 0 Å². The molecule has 164 valence electrons. The highest BCUT2D eigenvalue weighted by Gasteiger charge is 2.28. The van der Waals surface area contributed by atoms with Crippen LogP contribution in [0.25, 0.3) is 21.5 Å². The second-order valence-corrected chi connectivity index (χ2v) is 11.5. The van der Waals surface area contributed by atoms with Crippen molar-refractivity contribution in [1.29, 1.82) is 0 Å². The molecule has 0 spiro atoms. The highest BCUT2D eigenvalue weighted by atomic mass is 32.2. The molecule has 0 aliphatic carbocycles. The maximum Gasteiger partial charge on any atom is 0.208 e. The molecule has 0 saturated heterocycles. The monoisotopic (exact) mass is 473 g/mol. The zero-order chi connectivity index (χ0) is 23.2.